The molecule has 1 aromatic heterocycles. The van der Waals surface area contributed by atoms with Crippen LogP contribution >= 0.6 is 22.9 Å². The van der Waals surface area contributed by atoms with E-state index >= 15 is 0 Å². The van der Waals surface area contributed by atoms with E-state index in [0.717, 1.165) is 4.88 Å². The van der Waals surface area contributed by atoms with E-state index < -0.39 is 0 Å². The van der Waals surface area contributed by atoms with Crippen molar-refractivity contribution in [2.24, 2.45) is 5.92 Å². The fourth-order valence-corrected chi connectivity index (χ4v) is 3.03. The van der Waals surface area contributed by atoms with Gasteiger partial charge in [-0.25, -0.2) is 4.79 Å². The summed E-state index contributed by atoms with van der Waals surface area (Å²) in [4.78, 5) is 26.0. The smallest absolute Gasteiger partial charge is 0.325 e. The van der Waals surface area contributed by atoms with Crippen LogP contribution in [0.1, 0.15) is 25.1 Å². The first kappa shape index (κ1) is 13.4. The van der Waals surface area contributed by atoms with Crippen LogP contribution in [0.5, 0.6) is 0 Å². The Kier molecular flexibility index (Phi) is 3.92. The zero-order valence-electron chi connectivity index (χ0n) is 10.3. The standard InChI is InChI=1S/C12H15ClN2O2S/c1-7(2)5-9-11(16)15(12(17)14-9)6-8-3-4-10(13)18-8/h3-4,7,9H,5-6H2,1-2H3,(H,14,17). The number of halogens is 1. The summed E-state index contributed by atoms with van der Waals surface area (Å²) in [5, 5.41) is 2.72. The van der Waals surface area contributed by atoms with E-state index in [0.29, 0.717) is 23.2 Å². The van der Waals surface area contributed by atoms with Crippen LogP contribution in [-0.4, -0.2) is 22.9 Å². The quantitative estimate of drug-likeness (QED) is 0.865. The highest BCUT2D eigenvalue weighted by molar-refractivity contribution is 7.16. The fourth-order valence-electron chi connectivity index (χ4n) is 1.95. The molecule has 0 saturated carbocycles. The second-order valence-electron chi connectivity index (χ2n) is 4.76. The number of rotatable bonds is 4. The average Bonchev–Trinajstić information content (AvgIpc) is 2.78. The Morgan fingerprint density at radius 3 is 2.72 bits per heavy atom. The van der Waals surface area contributed by atoms with Crippen molar-refractivity contribution < 1.29 is 9.59 Å². The number of carbonyl (C=O) groups excluding carboxylic acids is 2. The molecule has 1 aliphatic rings. The van der Waals surface area contributed by atoms with E-state index in [1.165, 1.54) is 16.2 Å². The lowest BCUT2D eigenvalue weighted by Gasteiger charge is -2.12. The summed E-state index contributed by atoms with van der Waals surface area (Å²) in [5.74, 6) is 0.230. The highest BCUT2D eigenvalue weighted by Crippen LogP contribution is 2.24. The van der Waals surface area contributed by atoms with Gasteiger partial charge in [-0.2, -0.15) is 0 Å². The molecule has 1 unspecified atom stereocenters. The molecule has 0 radical (unpaired) electrons. The number of imide groups is 1. The summed E-state index contributed by atoms with van der Waals surface area (Å²) in [6.07, 6.45) is 0.673. The van der Waals surface area contributed by atoms with Crippen LogP contribution in [0.4, 0.5) is 4.79 Å². The molecule has 1 aromatic rings. The molecule has 1 atom stereocenters. The highest BCUT2D eigenvalue weighted by Gasteiger charge is 2.38. The summed E-state index contributed by atoms with van der Waals surface area (Å²) >= 11 is 7.22. The maximum atomic E-state index is 12.1. The summed E-state index contributed by atoms with van der Waals surface area (Å²) in [6.45, 7) is 4.36. The van der Waals surface area contributed by atoms with Gasteiger partial charge in [-0.1, -0.05) is 25.4 Å². The maximum absolute atomic E-state index is 12.1. The SMILES string of the molecule is CC(C)CC1NC(=O)N(Cc2ccc(Cl)s2)C1=O. The second kappa shape index (κ2) is 5.28. The Hall–Kier alpha value is -1.07. The molecule has 1 aliphatic heterocycles. The van der Waals surface area contributed by atoms with Crippen molar-refractivity contribution in [2.45, 2.75) is 32.9 Å². The molecular formula is C12H15ClN2O2S. The van der Waals surface area contributed by atoms with Gasteiger partial charge in [0.05, 0.1) is 10.9 Å². The first-order valence-corrected chi connectivity index (χ1v) is 7.03. The Morgan fingerprint density at radius 1 is 1.44 bits per heavy atom. The molecule has 1 saturated heterocycles. The van der Waals surface area contributed by atoms with Crippen molar-refractivity contribution >= 4 is 34.9 Å². The summed E-state index contributed by atoms with van der Waals surface area (Å²) in [6, 6.07) is 2.91. The number of amides is 3. The molecule has 4 nitrogen and oxygen atoms in total. The number of thiophene rings is 1. The van der Waals surface area contributed by atoms with Gasteiger partial charge in [-0.15, -0.1) is 11.3 Å². The largest absolute Gasteiger partial charge is 0.326 e. The van der Waals surface area contributed by atoms with E-state index in [1.807, 2.05) is 19.9 Å². The number of nitrogens with one attached hydrogen (secondary N) is 1. The molecule has 98 valence electrons. The third-order valence-corrected chi connectivity index (χ3v) is 3.97. The van der Waals surface area contributed by atoms with Gasteiger partial charge in [0.2, 0.25) is 0 Å². The van der Waals surface area contributed by atoms with Gasteiger partial charge >= 0.3 is 6.03 Å². The first-order valence-electron chi connectivity index (χ1n) is 5.83. The van der Waals surface area contributed by atoms with E-state index in [1.54, 1.807) is 6.07 Å². The van der Waals surface area contributed by atoms with Crippen molar-refractivity contribution in [3.05, 3.63) is 21.3 Å². The molecule has 1 N–H and O–H groups in total. The molecule has 18 heavy (non-hydrogen) atoms. The molecule has 0 spiro atoms. The van der Waals surface area contributed by atoms with Crippen LogP contribution in [0.25, 0.3) is 0 Å². The van der Waals surface area contributed by atoms with Gasteiger partial charge in [0.25, 0.3) is 5.91 Å². The fraction of sp³-hybridized carbons (Fsp3) is 0.500. The van der Waals surface area contributed by atoms with Crippen LogP contribution in [-0.2, 0) is 11.3 Å². The third kappa shape index (κ3) is 2.84. The average molecular weight is 287 g/mol. The zero-order valence-corrected chi connectivity index (χ0v) is 11.8. The molecular weight excluding hydrogens is 272 g/mol. The zero-order chi connectivity index (χ0) is 13.3. The number of carbonyl (C=O) groups is 2. The minimum atomic E-state index is -0.382. The van der Waals surface area contributed by atoms with Crippen molar-refractivity contribution in [2.75, 3.05) is 0 Å². The van der Waals surface area contributed by atoms with Gasteiger partial charge in [0.15, 0.2) is 0 Å². The molecule has 2 heterocycles. The van der Waals surface area contributed by atoms with Crippen LogP contribution in [0.15, 0.2) is 12.1 Å². The summed E-state index contributed by atoms with van der Waals surface area (Å²) in [7, 11) is 0. The Morgan fingerprint density at radius 2 is 2.17 bits per heavy atom. The van der Waals surface area contributed by atoms with E-state index in [2.05, 4.69) is 5.32 Å². The van der Waals surface area contributed by atoms with E-state index in [4.69, 9.17) is 11.6 Å². The maximum Gasteiger partial charge on any atom is 0.325 e. The molecule has 3 amide bonds. The first-order chi connectivity index (χ1) is 8.47. The van der Waals surface area contributed by atoms with Crippen molar-refractivity contribution in [3.8, 4) is 0 Å². The lowest BCUT2D eigenvalue weighted by Crippen LogP contribution is -2.31. The number of nitrogens with zero attached hydrogens (tertiary/aromatic N) is 1. The van der Waals surface area contributed by atoms with Crippen LogP contribution in [0.3, 0.4) is 0 Å². The molecule has 0 bridgehead atoms. The van der Waals surface area contributed by atoms with Gasteiger partial charge in [0.1, 0.15) is 6.04 Å². The topological polar surface area (TPSA) is 49.4 Å². The van der Waals surface area contributed by atoms with Crippen LogP contribution in [0.2, 0.25) is 4.34 Å². The predicted octanol–water partition coefficient (Wildman–Crippen LogP) is 2.87. The Bertz CT molecular complexity index is 472. The minimum Gasteiger partial charge on any atom is -0.326 e. The van der Waals surface area contributed by atoms with Crippen molar-refractivity contribution in [1.29, 1.82) is 0 Å². The lowest BCUT2D eigenvalue weighted by atomic mass is 10.0. The molecule has 2 rings (SSSR count). The number of hydrogen-bond donors (Lipinski definition) is 1. The molecule has 6 heteroatoms. The van der Waals surface area contributed by atoms with Gasteiger partial charge in [-0.3, -0.25) is 9.69 Å². The van der Waals surface area contributed by atoms with E-state index in [-0.39, 0.29) is 18.0 Å². The van der Waals surface area contributed by atoms with Gasteiger partial charge in [0, 0.05) is 4.88 Å². The Balaban J connectivity index is 2.05. The lowest BCUT2D eigenvalue weighted by molar-refractivity contribution is -0.128. The summed E-state index contributed by atoms with van der Waals surface area (Å²) in [5.41, 5.74) is 0. The van der Waals surface area contributed by atoms with Crippen molar-refractivity contribution in [1.82, 2.24) is 10.2 Å². The van der Waals surface area contributed by atoms with Crippen LogP contribution in [0, 0.1) is 5.92 Å². The van der Waals surface area contributed by atoms with Gasteiger partial charge < -0.3 is 5.32 Å². The monoisotopic (exact) mass is 286 g/mol. The molecule has 0 aliphatic carbocycles. The normalized spacial score (nSPS) is 19.8. The number of urea groups is 1. The minimum absolute atomic E-state index is 0.141. The summed E-state index contributed by atoms with van der Waals surface area (Å²) < 4.78 is 0.663. The molecule has 0 aromatic carbocycles. The van der Waals surface area contributed by atoms with Crippen molar-refractivity contribution in [3.63, 3.8) is 0 Å². The Labute approximate surface area is 115 Å². The highest BCUT2D eigenvalue weighted by atomic mass is 35.5. The predicted molar refractivity (Wildman–Crippen MR) is 71.7 cm³/mol. The number of hydrogen-bond acceptors (Lipinski definition) is 3. The van der Waals surface area contributed by atoms with E-state index in [9.17, 15) is 9.59 Å². The van der Waals surface area contributed by atoms with Crippen LogP contribution < -0.4 is 5.32 Å². The van der Waals surface area contributed by atoms with Gasteiger partial charge in [-0.05, 0) is 24.5 Å². The molecule has 1 fully saturated rings. The second-order valence-corrected chi connectivity index (χ2v) is 6.56. The third-order valence-electron chi connectivity index (χ3n) is 2.76.